The van der Waals surface area contributed by atoms with Gasteiger partial charge >= 0.3 is 5.97 Å². The molecule has 0 saturated carbocycles. The maximum atomic E-state index is 12.4. The van der Waals surface area contributed by atoms with E-state index >= 15 is 0 Å². The SMILES string of the molecule is CCCN(Cc1ccccc1OCc1ccccc1)OC(=O)c1ccccc1. The summed E-state index contributed by atoms with van der Waals surface area (Å²) in [5.41, 5.74) is 2.63. The first-order chi connectivity index (χ1) is 13.8. The summed E-state index contributed by atoms with van der Waals surface area (Å²) in [6.07, 6.45) is 0.870. The van der Waals surface area contributed by atoms with Gasteiger partial charge in [-0.05, 0) is 30.2 Å². The smallest absolute Gasteiger partial charge is 0.357 e. The van der Waals surface area contributed by atoms with Crippen LogP contribution in [-0.2, 0) is 18.0 Å². The summed E-state index contributed by atoms with van der Waals surface area (Å²) in [6, 6.07) is 26.9. The molecule has 0 spiro atoms. The second-order valence-corrected chi connectivity index (χ2v) is 6.49. The van der Waals surface area contributed by atoms with Crippen molar-refractivity contribution < 1.29 is 14.4 Å². The maximum Gasteiger partial charge on any atom is 0.357 e. The molecule has 144 valence electrons. The molecule has 0 amide bonds. The number of carbonyl (C=O) groups is 1. The van der Waals surface area contributed by atoms with E-state index < -0.39 is 0 Å². The number of carbonyl (C=O) groups excluding carboxylic acids is 1. The number of benzene rings is 3. The quantitative estimate of drug-likeness (QED) is 0.479. The fourth-order valence-corrected chi connectivity index (χ4v) is 2.85. The highest BCUT2D eigenvalue weighted by atomic mass is 16.7. The van der Waals surface area contributed by atoms with Gasteiger partial charge in [0.05, 0.1) is 12.1 Å². The fourth-order valence-electron chi connectivity index (χ4n) is 2.85. The van der Waals surface area contributed by atoms with Gasteiger partial charge in [0.15, 0.2) is 0 Å². The van der Waals surface area contributed by atoms with E-state index in [-0.39, 0.29) is 5.97 Å². The Labute approximate surface area is 166 Å². The Hall–Kier alpha value is -3.11. The number of hydrogen-bond acceptors (Lipinski definition) is 4. The summed E-state index contributed by atoms with van der Waals surface area (Å²) in [6.45, 7) is 3.67. The minimum atomic E-state index is -0.350. The van der Waals surface area contributed by atoms with E-state index in [4.69, 9.17) is 9.57 Å². The van der Waals surface area contributed by atoms with Gasteiger partial charge in [-0.2, -0.15) is 0 Å². The summed E-state index contributed by atoms with van der Waals surface area (Å²) < 4.78 is 6.02. The first-order valence-corrected chi connectivity index (χ1v) is 9.53. The number of nitrogens with zero attached hydrogens (tertiary/aromatic N) is 1. The normalized spacial score (nSPS) is 10.6. The van der Waals surface area contributed by atoms with Crippen LogP contribution in [0.3, 0.4) is 0 Å². The monoisotopic (exact) mass is 375 g/mol. The van der Waals surface area contributed by atoms with Crippen LogP contribution in [0.15, 0.2) is 84.9 Å². The standard InChI is InChI=1S/C24H25NO3/c1-2-17-25(28-24(26)21-13-7-4-8-14-21)18-22-15-9-10-16-23(22)27-19-20-11-5-3-6-12-20/h3-16H,2,17-19H2,1H3. The lowest BCUT2D eigenvalue weighted by Crippen LogP contribution is -2.28. The van der Waals surface area contributed by atoms with Gasteiger partial charge in [0, 0.05) is 12.1 Å². The van der Waals surface area contributed by atoms with Crippen molar-refractivity contribution in [2.24, 2.45) is 0 Å². The second kappa shape index (κ2) is 10.3. The molecule has 28 heavy (non-hydrogen) atoms. The van der Waals surface area contributed by atoms with Crippen molar-refractivity contribution in [1.82, 2.24) is 5.06 Å². The second-order valence-electron chi connectivity index (χ2n) is 6.49. The first-order valence-electron chi connectivity index (χ1n) is 9.53. The Kier molecular flexibility index (Phi) is 7.21. The maximum absolute atomic E-state index is 12.4. The Morgan fingerprint density at radius 1 is 0.857 bits per heavy atom. The molecule has 0 aliphatic heterocycles. The number of hydroxylamine groups is 2. The van der Waals surface area contributed by atoms with Crippen LogP contribution in [0.25, 0.3) is 0 Å². The minimum Gasteiger partial charge on any atom is -0.489 e. The highest BCUT2D eigenvalue weighted by Crippen LogP contribution is 2.22. The first kappa shape index (κ1) is 19.6. The third kappa shape index (κ3) is 5.69. The molecule has 0 bridgehead atoms. The molecule has 4 heteroatoms. The van der Waals surface area contributed by atoms with E-state index in [9.17, 15) is 4.79 Å². The van der Waals surface area contributed by atoms with Crippen LogP contribution >= 0.6 is 0 Å². The Morgan fingerprint density at radius 2 is 1.50 bits per heavy atom. The predicted octanol–water partition coefficient (Wildman–Crippen LogP) is 5.25. The Bertz CT molecular complexity index is 865. The summed E-state index contributed by atoms with van der Waals surface area (Å²) in [4.78, 5) is 18.1. The number of rotatable bonds is 9. The van der Waals surface area contributed by atoms with Gasteiger partial charge in [-0.15, -0.1) is 5.06 Å². The minimum absolute atomic E-state index is 0.350. The molecule has 0 atom stereocenters. The number of ether oxygens (including phenoxy) is 1. The molecule has 3 aromatic carbocycles. The van der Waals surface area contributed by atoms with Crippen LogP contribution in [0, 0.1) is 0 Å². The van der Waals surface area contributed by atoms with Gasteiger partial charge in [-0.25, -0.2) is 4.79 Å². The fraction of sp³-hybridized carbons (Fsp3) is 0.208. The lowest BCUT2D eigenvalue weighted by atomic mass is 10.2. The molecule has 0 fully saturated rings. The summed E-state index contributed by atoms with van der Waals surface area (Å²) in [7, 11) is 0. The molecular weight excluding hydrogens is 350 g/mol. The predicted molar refractivity (Wildman–Crippen MR) is 110 cm³/mol. The molecular formula is C24H25NO3. The van der Waals surface area contributed by atoms with Crippen molar-refractivity contribution in [1.29, 1.82) is 0 Å². The molecule has 3 rings (SSSR count). The third-order valence-corrected chi connectivity index (χ3v) is 4.25. The molecule has 0 heterocycles. The summed E-state index contributed by atoms with van der Waals surface area (Å²) in [5.74, 6) is 0.444. The van der Waals surface area contributed by atoms with Crippen molar-refractivity contribution in [2.75, 3.05) is 6.54 Å². The largest absolute Gasteiger partial charge is 0.489 e. The van der Waals surface area contributed by atoms with Crippen molar-refractivity contribution in [2.45, 2.75) is 26.5 Å². The van der Waals surface area contributed by atoms with E-state index in [0.717, 1.165) is 23.3 Å². The average Bonchev–Trinajstić information content (AvgIpc) is 2.74. The zero-order valence-corrected chi connectivity index (χ0v) is 16.1. The van der Waals surface area contributed by atoms with Crippen LogP contribution in [0.1, 0.15) is 34.8 Å². The number of hydrogen-bond donors (Lipinski definition) is 0. The molecule has 0 aliphatic carbocycles. The van der Waals surface area contributed by atoms with Crippen molar-refractivity contribution in [3.05, 3.63) is 102 Å². The highest BCUT2D eigenvalue weighted by molar-refractivity contribution is 5.89. The van der Waals surface area contributed by atoms with E-state index in [1.54, 1.807) is 17.2 Å². The zero-order chi connectivity index (χ0) is 19.6. The van der Waals surface area contributed by atoms with Crippen LogP contribution < -0.4 is 4.74 Å². The van der Waals surface area contributed by atoms with E-state index in [2.05, 4.69) is 6.92 Å². The number of para-hydroxylation sites is 1. The van der Waals surface area contributed by atoms with Gasteiger partial charge in [0.2, 0.25) is 0 Å². The third-order valence-electron chi connectivity index (χ3n) is 4.25. The molecule has 0 N–H and O–H groups in total. The zero-order valence-electron chi connectivity index (χ0n) is 16.1. The molecule has 0 saturated heterocycles. The van der Waals surface area contributed by atoms with Crippen molar-refractivity contribution in [3.63, 3.8) is 0 Å². The Morgan fingerprint density at radius 3 is 2.21 bits per heavy atom. The van der Waals surface area contributed by atoms with Crippen molar-refractivity contribution >= 4 is 5.97 Å². The van der Waals surface area contributed by atoms with Gasteiger partial charge in [-0.3, -0.25) is 0 Å². The summed E-state index contributed by atoms with van der Waals surface area (Å²) in [5, 5.41) is 1.69. The van der Waals surface area contributed by atoms with E-state index in [1.807, 2.05) is 72.8 Å². The Balaban J connectivity index is 1.68. The highest BCUT2D eigenvalue weighted by Gasteiger charge is 2.15. The molecule has 0 aromatic heterocycles. The van der Waals surface area contributed by atoms with E-state index in [0.29, 0.717) is 25.3 Å². The van der Waals surface area contributed by atoms with Gasteiger partial charge in [-0.1, -0.05) is 73.7 Å². The van der Waals surface area contributed by atoms with Crippen LogP contribution in [-0.4, -0.2) is 17.6 Å². The van der Waals surface area contributed by atoms with Gasteiger partial charge in [0.25, 0.3) is 0 Å². The lowest BCUT2D eigenvalue weighted by molar-refractivity contribution is -0.116. The lowest BCUT2D eigenvalue weighted by Gasteiger charge is -2.22. The average molecular weight is 375 g/mol. The molecule has 0 aliphatic rings. The molecule has 3 aromatic rings. The van der Waals surface area contributed by atoms with E-state index in [1.165, 1.54) is 0 Å². The van der Waals surface area contributed by atoms with Crippen LogP contribution in [0.4, 0.5) is 0 Å². The molecule has 4 nitrogen and oxygen atoms in total. The van der Waals surface area contributed by atoms with Gasteiger partial charge in [0.1, 0.15) is 12.4 Å². The molecule has 0 unspecified atom stereocenters. The van der Waals surface area contributed by atoms with Crippen molar-refractivity contribution in [3.8, 4) is 5.75 Å². The topological polar surface area (TPSA) is 38.8 Å². The van der Waals surface area contributed by atoms with Gasteiger partial charge < -0.3 is 9.57 Å². The molecule has 0 radical (unpaired) electrons. The summed E-state index contributed by atoms with van der Waals surface area (Å²) >= 11 is 0. The van der Waals surface area contributed by atoms with Crippen LogP contribution in [0.5, 0.6) is 5.75 Å². The van der Waals surface area contributed by atoms with Crippen LogP contribution in [0.2, 0.25) is 0 Å².